The molecule has 5 rings (SSSR count). The third-order valence-corrected chi connectivity index (χ3v) is 7.11. The number of hydrogen-bond donors (Lipinski definition) is 3. The molecule has 2 aromatic carbocycles. The lowest BCUT2D eigenvalue weighted by Crippen LogP contribution is -3.11. The first-order chi connectivity index (χ1) is 14.7. The Labute approximate surface area is 180 Å². The standard InChI is InChI=1S/C24H25N3O2S/c1-2-27-12-11-19-20(14-27)30-24-21(19)23(28)25-22(26-24)17-9-6-10-18(13-17)29-15-16-7-4-3-5-8-16/h3-10,13,22,26H,2,11-12,14-15H2,1H3,(H,25,28)/p+1/t22-/m1/s1. The van der Waals surface area contributed by atoms with Gasteiger partial charge in [-0.1, -0.05) is 42.5 Å². The van der Waals surface area contributed by atoms with Gasteiger partial charge in [-0.25, -0.2) is 0 Å². The summed E-state index contributed by atoms with van der Waals surface area (Å²) in [6, 6.07) is 18.1. The monoisotopic (exact) mass is 420 g/mol. The van der Waals surface area contributed by atoms with Crippen LogP contribution in [0.5, 0.6) is 5.75 Å². The normalized spacial score (nSPS) is 20.0. The Bertz CT molecular complexity index is 1060. The van der Waals surface area contributed by atoms with Gasteiger partial charge < -0.3 is 20.3 Å². The molecule has 2 aliphatic rings. The number of amides is 1. The Morgan fingerprint density at radius 3 is 2.83 bits per heavy atom. The van der Waals surface area contributed by atoms with E-state index >= 15 is 0 Å². The second-order valence-corrected chi connectivity index (χ2v) is 8.99. The molecule has 154 valence electrons. The van der Waals surface area contributed by atoms with Crippen LogP contribution in [0.3, 0.4) is 0 Å². The lowest BCUT2D eigenvalue weighted by atomic mass is 10.0. The van der Waals surface area contributed by atoms with Gasteiger partial charge in [-0.3, -0.25) is 4.79 Å². The van der Waals surface area contributed by atoms with Crippen LogP contribution in [-0.4, -0.2) is 19.0 Å². The van der Waals surface area contributed by atoms with Gasteiger partial charge >= 0.3 is 0 Å². The summed E-state index contributed by atoms with van der Waals surface area (Å²) in [6.07, 6.45) is 0.729. The molecule has 0 spiro atoms. The topological polar surface area (TPSA) is 54.8 Å². The smallest absolute Gasteiger partial charge is 0.256 e. The molecule has 0 radical (unpaired) electrons. The number of ether oxygens (including phenoxy) is 1. The largest absolute Gasteiger partial charge is 0.489 e. The highest BCUT2D eigenvalue weighted by Crippen LogP contribution is 2.39. The van der Waals surface area contributed by atoms with Gasteiger partial charge in [0.15, 0.2) is 0 Å². The number of fused-ring (bicyclic) bond motifs is 3. The molecule has 0 aliphatic carbocycles. The molecule has 5 nitrogen and oxygen atoms in total. The van der Waals surface area contributed by atoms with Gasteiger partial charge in [0.2, 0.25) is 0 Å². The number of anilines is 1. The summed E-state index contributed by atoms with van der Waals surface area (Å²) in [5.74, 6) is 0.827. The third-order valence-electron chi connectivity index (χ3n) is 5.95. The van der Waals surface area contributed by atoms with Crippen molar-refractivity contribution in [1.29, 1.82) is 0 Å². The maximum Gasteiger partial charge on any atom is 0.256 e. The number of nitrogens with one attached hydrogen (secondary N) is 3. The van der Waals surface area contributed by atoms with Crippen LogP contribution >= 0.6 is 11.3 Å². The summed E-state index contributed by atoms with van der Waals surface area (Å²) in [5, 5.41) is 7.70. The predicted octanol–water partition coefficient (Wildman–Crippen LogP) is 3.14. The maximum atomic E-state index is 13.0. The zero-order chi connectivity index (χ0) is 20.5. The summed E-state index contributed by atoms with van der Waals surface area (Å²) >= 11 is 1.75. The number of thiophene rings is 1. The highest BCUT2D eigenvalue weighted by molar-refractivity contribution is 7.16. The van der Waals surface area contributed by atoms with E-state index in [2.05, 4.69) is 17.6 Å². The molecule has 1 aromatic heterocycles. The van der Waals surface area contributed by atoms with Crippen LogP contribution in [0.1, 0.15) is 45.0 Å². The molecule has 3 N–H and O–H groups in total. The molecule has 6 heteroatoms. The summed E-state index contributed by atoms with van der Waals surface area (Å²) in [5.41, 5.74) is 4.23. The minimum absolute atomic E-state index is 0.0294. The van der Waals surface area contributed by atoms with E-state index in [1.54, 1.807) is 16.2 Å². The Balaban J connectivity index is 1.34. The van der Waals surface area contributed by atoms with E-state index in [9.17, 15) is 4.79 Å². The van der Waals surface area contributed by atoms with Crippen LogP contribution in [0, 0.1) is 0 Å². The minimum atomic E-state index is -0.250. The van der Waals surface area contributed by atoms with Gasteiger partial charge in [-0.05, 0) is 35.7 Å². The number of benzene rings is 2. The predicted molar refractivity (Wildman–Crippen MR) is 119 cm³/mol. The van der Waals surface area contributed by atoms with Crippen LogP contribution in [0.4, 0.5) is 5.00 Å². The molecule has 0 fully saturated rings. The lowest BCUT2D eigenvalue weighted by Gasteiger charge is -2.27. The van der Waals surface area contributed by atoms with Gasteiger partial charge in [0.05, 0.1) is 23.5 Å². The molecular formula is C24H26N3O2S+. The number of carbonyl (C=O) groups is 1. The molecule has 2 atom stereocenters. The SMILES string of the molecule is CC[NH+]1CCc2c(sc3c2C(=O)N[C@@H](c2cccc(OCc4ccccc4)c2)N3)C1. The van der Waals surface area contributed by atoms with E-state index in [0.29, 0.717) is 6.61 Å². The average molecular weight is 421 g/mol. The number of carbonyl (C=O) groups excluding carboxylic acids is 1. The lowest BCUT2D eigenvalue weighted by molar-refractivity contribution is -0.913. The number of likely N-dealkylation sites (N-methyl/N-ethyl adjacent to an activating group) is 1. The first kappa shape index (κ1) is 19.2. The Kier molecular flexibility index (Phi) is 5.19. The van der Waals surface area contributed by atoms with Crippen molar-refractivity contribution >= 4 is 22.2 Å². The van der Waals surface area contributed by atoms with Crippen molar-refractivity contribution in [1.82, 2.24) is 5.32 Å². The van der Waals surface area contributed by atoms with E-state index in [1.165, 1.54) is 10.4 Å². The van der Waals surface area contributed by atoms with Crippen LogP contribution in [-0.2, 0) is 19.6 Å². The first-order valence-electron chi connectivity index (χ1n) is 10.5. The number of rotatable bonds is 5. The molecule has 0 saturated carbocycles. The quantitative estimate of drug-likeness (QED) is 0.594. The fourth-order valence-corrected chi connectivity index (χ4v) is 5.59. The second kappa shape index (κ2) is 8.13. The van der Waals surface area contributed by atoms with Crippen LogP contribution in [0.2, 0.25) is 0 Å². The molecule has 3 heterocycles. The van der Waals surface area contributed by atoms with Crippen molar-refractivity contribution in [2.24, 2.45) is 0 Å². The third kappa shape index (κ3) is 3.68. The van der Waals surface area contributed by atoms with Crippen LogP contribution in [0.15, 0.2) is 54.6 Å². The zero-order valence-electron chi connectivity index (χ0n) is 17.0. The van der Waals surface area contributed by atoms with Crippen molar-refractivity contribution in [2.45, 2.75) is 32.7 Å². The van der Waals surface area contributed by atoms with Gasteiger partial charge in [-0.2, -0.15) is 0 Å². The summed E-state index contributed by atoms with van der Waals surface area (Å²) in [7, 11) is 0. The summed E-state index contributed by atoms with van der Waals surface area (Å²) in [4.78, 5) is 15.9. The highest BCUT2D eigenvalue weighted by atomic mass is 32.1. The van der Waals surface area contributed by atoms with Gasteiger partial charge in [0, 0.05) is 6.42 Å². The first-order valence-corrected chi connectivity index (χ1v) is 11.3. The molecular weight excluding hydrogens is 394 g/mol. The molecule has 1 unspecified atom stereocenters. The number of hydrogen-bond acceptors (Lipinski definition) is 4. The van der Waals surface area contributed by atoms with Crippen molar-refractivity contribution in [3.05, 3.63) is 81.7 Å². The summed E-state index contributed by atoms with van der Waals surface area (Å²) < 4.78 is 5.97. The van der Waals surface area contributed by atoms with Crippen LogP contribution in [0.25, 0.3) is 0 Å². The van der Waals surface area contributed by atoms with Crippen LogP contribution < -0.4 is 20.3 Å². The van der Waals surface area contributed by atoms with E-state index in [4.69, 9.17) is 4.74 Å². The van der Waals surface area contributed by atoms with E-state index in [0.717, 1.165) is 53.5 Å². The molecule has 1 amide bonds. The molecule has 30 heavy (non-hydrogen) atoms. The molecule has 0 saturated heterocycles. The Morgan fingerprint density at radius 2 is 2.00 bits per heavy atom. The fraction of sp³-hybridized carbons (Fsp3) is 0.292. The highest BCUT2D eigenvalue weighted by Gasteiger charge is 2.34. The zero-order valence-corrected chi connectivity index (χ0v) is 17.9. The van der Waals surface area contributed by atoms with Crippen molar-refractivity contribution in [3.63, 3.8) is 0 Å². The van der Waals surface area contributed by atoms with E-state index in [1.807, 2.05) is 54.6 Å². The molecule has 0 bridgehead atoms. The fourth-order valence-electron chi connectivity index (χ4n) is 4.24. The molecule has 3 aromatic rings. The van der Waals surface area contributed by atoms with Gasteiger partial charge in [0.1, 0.15) is 30.1 Å². The van der Waals surface area contributed by atoms with E-state index < -0.39 is 0 Å². The Hall–Kier alpha value is -2.83. The van der Waals surface area contributed by atoms with Gasteiger partial charge in [-0.15, -0.1) is 11.3 Å². The van der Waals surface area contributed by atoms with E-state index in [-0.39, 0.29) is 12.1 Å². The van der Waals surface area contributed by atoms with Gasteiger partial charge in [0.25, 0.3) is 5.91 Å². The summed E-state index contributed by atoms with van der Waals surface area (Å²) in [6.45, 7) is 5.99. The van der Waals surface area contributed by atoms with Crippen molar-refractivity contribution in [2.75, 3.05) is 18.4 Å². The van der Waals surface area contributed by atoms with Crippen molar-refractivity contribution in [3.8, 4) is 5.75 Å². The maximum absolute atomic E-state index is 13.0. The molecule has 2 aliphatic heterocycles. The second-order valence-electron chi connectivity index (χ2n) is 7.89. The number of quaternary nitrogens is 1. The minimum Gasteiger partial charge on any atom is -0.489 e. The average Bonchev–Trinajstić information content (AvgIpc) is 3.16. The van der Waals surface area contributed by atoms with Crippen molar-refractivity contribution < 1.29 is 14.4 Å². The Morgan fingerprint density at radius 1 is 1.13 bits per heavy atom.